The number of nitrogens with one attached hydrogen (secondary N) is 1. The van der Waals surface area contributed by atoms with Gasteiger partial charge in [0.05, 0.1) is 18.3 Å². The summed E-state index contributed by atoms with van der Waals surface area (Å²) in [4.78, 5) is 3.71. The van der Waals surface area contributed by atoms with Crippen molar-refractivity contribution in [3.8, 4) is 0 Å². The van der Waals surface area contributed by atoms with Crippen molar-refractivity contribution >= 4 is 33.0 Å². The summed E-state index contributed by atoms with van der Waals surface area (Å²) in [6.07, 6.45) is 1.85. The van der Waals surface area contributed by atoms with E-state index in [2.05, 4.69) is 9.71 Å². The maximum atomic E-state index is 11.9. The van der Waals surface area contributed by atoms with E-state index in [0.29, 0.717) is 13.0 Å². The van der Waals surface area contributed by atoms with Gasteiger partial charge < -0.3 is 4.74 Å². The second kappa shape index (κ2) is 4.58. The lowest BCUT2D eigenvalue weighted by Gasteiger charge is -2.14. The lowest BCUT2D eigenvalue weighted by Crippen LogP contribution is -2.38. The molecule has 0 aromatic carbocycles. The van der Waals surface area contributed by atoms with Crippen LogP contribution in [0.2, 0.25) is 4.47 Å². The van der Waals surface area contributed by atoms with Gasteiger partial charge in [-0.1, -0.05) is 22.9 Å². The van der Waals surface area contributed by atoms with Gasteiger partial charge in [-0.3, -0.25) is 0 Å². The van der Waals surface area contributed by atoms with Crippen LogP contribution in [0.1, 0.15) is 13.3 Å². The highest BCUT2D eigenvalue weighted by molar-refractivity contribution is 7.91. The standard InChI is InChI=1S/C8H11ClN2O3S2/c1-5-6(2-3-14-5)11-16(12,13)7-4-10-8(9)15-7/h4-6,11H,2-3H2,1H3. The lowest BCUT2D eigenvalue weighted by atomic mass is 10.2. The van der Waals surface area contributed by atoms with E-state index in [4.69, 9.17) is 16.3 Å². The van der Waals surface area contributed by atoms with Crippen molar-refractivity contribution in [2.45, 2.75) is 29.7 Å². The number of hydrogen-bond acceptors (Lipinski definition) is 5. The molecule has 1 aromatic rings. The molecule has 2 heterocycles. The number of halogens is 1. The van der Waals surface area contributed by atoms with Crippen molar-refractivity contribution in [2.75, 3.05) is 6.61 Å². The van der Waals surface area contributed by atoms with E-state index in [1.165, 1.54) is 6.20 Å². The Labute approximate surface area is 103 Å². The first-order chi connectivity index (χ1) is 7.49. The molecule has 1 fully saturated rings. The monoisotopic (exact) mass is 282 g/mol. The summed E-state index contributed by atoms with van der Waals surface area (Å²) >= 11 is 6.54. The fourth-order valence-electron chi connectivity index (χ4n) is 1.51. The van der Waals surface area contributed by atoms with Gasteiger partial charge in [-0.15, -0.1) is 0 Å². The number of thiazole rings is 1. The van der Waals surface area contributed by atoms with E-state index in [0.717, 1.165) is 11.3 Å². The smallest absolute Gasteiger partial charge is 0.252 e. The number of aromatic nitrogens is 1. The van der Waals surface area contributed by atoms with Gasteiger partial charge >= 0.3 is 0 Å². The highest BCUT2D eigenvalue weighted by Crippen LogP contribution is 2.23. The van der Waals surface area contributed by atoms with Crippen LogP contribution in [-0.2, 0) is 14.8 Å². The third-order valence-corrected chi connectivity index (χ3v) is 5.47. The first-order valence-electron chi connectivity index (χ1n) is 4.74. The van der Waals surface area contributed by atoms with Gasteiger partial charge in [0, 0.05) is 6.61 Å². The zero-order valence-electron chi connectivity index (χ0n) is 8.51. The van der Waals surface area contributed by atoms with Crippen molar-refractivity contribution in [2.24, 2.45) is 0 Å². The summed E-state index contributed by atoms with van der Waals surface area (Å²) in [7, 11) is -3.51. The Morgan fingerprint density at radius 2 is 2.44 bits per heavy atom. The van der Waals surface area contributed by atoms with Gasteiger partial charge in [0.1, 0.15) is 0 Å². The third-order valence-electron chi connectivity index (χ3n) is 2.40. The van der Waals surface area contributed by atoms with Crippen LogP contribution in [0, 0.1) is 0 Å². The van der Waals surface area contributed by atoms with Gasteiger partial charge in [0.15, 0.2) is 8.68 Å². The fraction of sp³-hybridized carbons (Fsp3) is 0.625. The molecule has 2 rings (SSSR count). The van der Waals surface area contributed by atoms with Crippen LogP contribution in [0.15, 0.2) is 10.4 Å². The highest BCUT2D eigenvalue weighted by Gasteiger charge is 2.30. The molecule has 1 aliphatic heterocycles. The van der Waals surface area contributed by atoms with Crippen LogP contribution >= 0.6 is 22.9 Å². The molecule has 0 radical (unpaired) electrons. The Bertz CT molecular complexity index is 473. The van der Waals surface area contributed by atoms with E-state index < -0.39 is 10.0 Å². The van der Waals surface area contributed by atoms with Crippen molar-refractivity contribution in [1.82, 2.24) is 9.71 Å². The number of sulfonamides is 1. The number of rotatable bonds is 3. The van der Waals surface area contributed by atoms with Crippen molar-refractivity contribution in [3.05, 3.63) is 10.7 Å². The molecule has 0 spiro atoms. The molecule has 8 heteroatoms. The molecular weight excluding hydrogens is 272 g/mol. The summed E-state index contributed by atoms with van der Waals surface area (Å²) in [6, 6.07) is -0.175. The van der Waals surface area contributed by atoms with Crippen LogP contribution in [-0.4, -0.2) is 32.2 Å². The molecule has 0 amide bonds. The molecule has 1 aliphatic rings. The summed E-state index contributed by atoms with van der Waals surface area (Å²) in [5.74, 6) is 0. The summed E-state index contributed by atoms with van der Waals surface area (Å²) in [5, 5.41) is 0. The van der Waals surface area contributed by atoms with E-state index >= 15 is 0 Å². The van der Waals surface area contributed by atoms with Crippen molar-refractivity contribution in [1.29, 1.82) is 0 Å². The Balaban J connectivity index is 2.14. The molecule has 0 saturated carbocycles. The van der Waals surface area contributed by atoms with Gasteiger partial charge in [-0.25, -0.2) is 18.1 Å². The predicted molar refractivity (Wildman–Crippen MR) is 61.3 cm³/mol. The molecule has 1 N–H and O–H groups in total. The summed E-state index contributed by atoms with van der Waals surface area (Å²) in [5.41, 5.74) is 0. The molecule has 2 unspecified atom stereocenters. The SMILES string of the molecule is CC1OCCC1NS(=O)(=O)c1cnc(Cl)s1. The molecule has 90 valence electrons. The topological polar surface area (TPSA) is 68.3 Å². The zero-order chi connectivity index (χ0) is 11.8. The minimum absolute atomic E-state index is 0.0989. The zero-order valence-corrected chi connectivity index (χ0v) is 10.9. The van der Waals surface area contributed by atoms with Crippen molar-refractivity contribution in [3.63, 3.8) is 0 Å². The number of nitrogens with zero attached hydrogens (tertiary/aromatic N) is 1. The van der Waals surface area contributed by atoms with Gasteiger partial charge in [0.2, 0.25) is 0 Å². The molecule has 16 heavy (non-hydrogen) atoms. The molecule has 1 saturated heterocycles. The molecular formula is C8H11ClN2O3S2. The second-order valence-electron chi connectivity index (χ2n) is 3.52. The average molecular weight is 283 g/mol. The highest BCUT2D eigenvalue weighted by atomic mass is 35.5. The van der Waals surface area contributed by atoms with Crippen LogP contribution in [0.4, 0.5) is 0 Å². The maximum absolute atomic E-state index is 11.9. The molecule has 2 atom stereocenters. The summed E-state index contributed by atoms with van der Waals surface area (Å²) in [6.45, 7) is 2.43. The maximum Gasteiger partial charge on any atom is 0.252 e. The third kappa shape index (κ3) is 2.54. The van der Waals surface area contributed by atoms with Gasteiger partial charge in [-0.2, -0.15) is 0 Å². The van der Waals surface area contributed by atoms with E-state index in [-0.39, 0.29) is 20.8 Å². The normalized spacial score (nSPS) is 26.1. The van der Waals surface area contributed by atoms with Crippen molar-refractivity contribution < 1.29 is 13.2 Å². The fourth-order valence-corrected chi connectivity index (χ4v) is 4.16. The Hall–Kier alpha value is -0.210. The van der Waals surface area contributed by atoms with Gasteiger partial charge in [-0.05, 0) is 13.3 Å². The Morgan fingerprint density at radius 3 is 2.94 bits per heavy atom. The quantitative estimate of drug-likeness (QED) is 0.906. The molecule has 0 aliphatic carbocycles. The van der Waals surface area contributed by atoms with E-state index in [1.54, 1.807) is 0 Å². The molecule has 1 aromatic heterocycles. The largest absolute Gasteiger partial charge is 0.377 e. The average Bonchev–Trinajstić information content (AvgIpc) is 2.77. The number of hydrogen-bond donors (Lipinski definition) is 1. The van der Waals surface area contributed by atoms with Crippen LogP contribution in [0.5, 0.6) is 0 Å². The minimum Gasteiger partial charge on any atom is -0.377 e. The van der Waals surface area contributed by atoms with E-state index in [1.807, 2.05) is 6.92 Å². The first-order valence-corrected chi connectivity index (χ1v) is 7.42. The first kappa shape index (κ1) is 12.3. The lowest BCUT2D eigenvalue weighted by molar-refractivity contribution is 0.117. The number of ether oxygens (including phenoxy) is 1. The van der Waals surface area contributed by atoms with Crippen LogP contribution < -0.4 is 4.72 Å². The Morgan fingerprint density at radius 1 is 1.69 bits per heavy atom. The molecule has 0 bridgehead atoms. The van der Waals surface area contributed by atoms with Crippen LogP contribution in [0.25, 0.3) is 0 Å². The predicted octanol–water partition coefficient (Wildman–Crippen LogP) is 1.25. The summed E-state index contributed by atoms with van der Waals surface area (Å²) < 4.78 is 32.0. The molecule has 5 nitrogen and oxygen atoms in total. The van der Waals surface area contributed by atoms with Crippen LogP contribution in [0.3, 0.4) is 0 Å². The second-order valence-corrected chi connectivity index (χ2v) is 7.08. The van der Waals surface area contributed by atoms with E-state index in [9.17, 15) is 8.42 Å². The van der Waals surface area contributed by atoms with Gasteiger partial charge in [0.25, 0.3) is 10.0 Å². The Kier molecular flexibility index (Phi) is 3.50. The minimum atomic E-state index is -3.51.